The molecule has 3 N–H and O–H groups in total. The number of carbonyl (C=O) groups is 1. The van der Waals surface area contributed by atoms with E-state index in [1.165, 1.54) is 6.07 Å². The third-order valence-corrected chi connectivity index (χ3v) is 5.62. The van der Waals surface area contributed by atoms with Crippen LogP contribution in [0.5, 0.6) is 0 Å². The zero-order valence-electron chi connectivity index (χ0n) is 16.3. The van der Waals surface area contributed by atoms with Crippen molar-refractivity contribution in [1.29, 1.82) is 0 Å². The van der Waals surface area contributed by atoms with Gasteiger partial charge in [-0.1, -0.05) is 18.2 Å². The Balaban J connectivity index is 2.18. The SMILES string of the molecule is CNC(C(=O)NCc1ccccc1S(=O)(=O)NC(C)(C)C)c1cnn(C)c1. The third kappa shape index (κ3) is 5.62. The number of rotatable bonds is 7. The molecular formula is C18H27N5O3S. The van der Waals surface area contributed by atoms with Gasteiger partial charge in [-0.2, -0.15) is 5.10 Å². The summed E-state index contributed by atoms with van der Waals surface area (Å²) in [5, 5.41) is 9.83. The highest BCUT2D eigenvalue weighted by Crippen LogP contribution is 2.18. The standard InChI is InChI=1S/C18H27N5O3S/c1-18(2,3)22-27(25,26)15-9-7-6-8-13(15)10-20-17(24)16(19-4)14-11-21-23(5)12-14/h6-9,11-12,16,19,22H,10H2,1-5H3,(H,20,24). The second-order valence-electron chi connectivity index (χ2n) is 7.35. The molecule has 1 unspecified atom stereocenters. The molecule has 0 aliphatic heterocycles. The number of likely N-dealkylation sites (N-methyl/N-ethyl adjacent to an activating group) is 1. The highest BCUT2D eigenvalue weighted by Gasteiger charge is 2.25. The number of amides is 1. The molecule has 2 rings (SSSR count). The van der Waals surface area contributed by atoms with Crippen molar-refractivity contribution < 1.29 is 13.2 Å². The van der Waals surface area contributed by atoms with Gasteiger partial charge in [-0.05, 0) is 39.4 Å². The molecule has 1 atom stereocenters. The summed E-state index contributed by atoms with van der Waals surface area (Å²) in [6.07, 6.45) is 3.37. The molecule has 0 fully saturated rings. The van der Waals surface area contributed by atoms with Crippen molar-refractivity contribution >= 4 is 15.9 Å². The van der Waals surface area contributed by atoms with Crippen LogP contribution in [0.2, 0.25) is 0 Å². The summed E-state index contributed by atoms with van der Waals surface area (Å²) in [5.74, 6) is -0.263. The van der Waals surface area contributed by atoms with Crippen molar-refractivity contribution in [3.8, 4) is 0 Å². The topological polar surface area (TPSA) is 105 Å². The van der Waals surface area contributed by atoms with Crippen LogP contribution in [0.1, 0.15) is 37.9 Å². The molecule has 1 heterocycles. The highest BCUT2D eigenvalue weighted by atomic mass is 32.2. The van der Waals surface area contributed by atoms with E-state index < -0.39 is 21.6 Å². The third-order valence-electron chi connectivity index (χ3n) is 3.76. The molecule has 148 valence electrons. The fourth-order valence-corrected chi connectivity index (χ4v) is 4.35. The number of carbonyl (C=O) groups excluding carboxylic acids is 1. The molecule has 1 amide bonds. The van der Waals surface area contributed by atoms with E-state index in [1.54, 1.807) is 70.1 Å². The van der Waals surface area contributed by atoms with Crippen molar-refractivity contribution in [2.45, 2.75) is 43.8 Å². The summed E-state index contributed by atoms with van der Waals surface area (Å²) in [7, 11) is -0.243. The lowest BCUT2D eigenvalue weighted by Gasteiger charge is -2.22. The Morgan fingerprint density at radius 1 is 1.26 bits per heavy atom. The normalized spacial score (nSPS) is 13.4. The van der Waals surface area contributed by atoms with Gasteiger partial charge in [0.15, 0.2) is 0 Å². The number of aryl methyl sites for hydroxylation is 1. The number of sulfonamides is 1. The number of hydrogen-bond donors (Lipinski definition) is 3. The number of nitrogens with zero attached hydrogens (tertiary/aromatic N) is 2. The highest BCUT2D eigenvalue weighted by molar-refractivity contribution is 7.89. The smallest absolute Gasteiger partial charge is 0.242 e. The fraction of sp³-hybridized carbons (Fsp3) is 0.444. The molecule has 0 bridgehead atoms. The van der Waals surface area contributed by atoms with Gasteiger partial charge in [0, 0.05) is 30.9 Å². The monoisotopic (exact) mass is 393 g/mol. The van der Waals surface area contributed by atoms with Crippen molar-refractivity contribution in [2.24, 2.45) is 7.05 Å². The Kier molecular flexibility index (Phi) is 6.40. The van der Waals surface area contributed by atoms with Gasteiger partial charge in [0.05, 0.1) is 11.1 Å². The minimum atomic E-state index is -3.70. The van der Waals surface area contributed by atoms with Crippen molar-refractivity contribution in [2.75, 3.05) is 7.05 Å². The molecule has 1 aromatic heterocycles. The van der Waals surface area contributed by atoms with Crippen LogP contribution in [0.3, 0.4) is 0 Å². The van der Waals surface area contributed by atoms with Gasteiger partial charge in [0.25, 0.3) is 0 Å². The van der Waals surface area contributed by atoms with E-state index in [-0.39, 0.29) is 17.3 Å². The molecular weight excluding hydrogens is 366 g/mol. The van der Waals surface area contributed by atoms with Gasteiger partial charge in [0.1, 0.15) is 6.04 Å². The number of hydrogen-bond acceptors (Lipinski definition) is 5. The Morgan fingerprint density at radius 3 is 2.48 bits per heavy atom. The lowest BCUT2D eigenvalue weighted by molar-refractivity contribution is -0.123. The first-order valence-electron chi connectivity index (χ1n) is 8.59. The molecule has 0 spiro atoms. The van der Waals surface area contributed by atoms with Crippen LogP contribution in [-0.4, -0.2) is 36.7 Å². The molecule has 0 saturated carbocycles. The first kappa shape index (κ1) is 21.1. The maximum atomic E-state index is 12.7. The second kappa shape index (κ2) is 8.20. The Bertz CT molecular complexity index is 900. The van der Waals surface area contributed by atoms with Crippen LogP contribution >= 0.6 is 0 Å². The maximum absolute atomic E-state index is 12.7. The first-order chi connectivity index (χ1) is 12.5. The largest absolute Gasteiger partial charge is 0.350 e. The van der Waals surface area contributed by atoms with Crippen LogP contribution < -0.4 is 15.4 Å². The summed E-state index contributed by atoms with van der Waals surface area (Å²) in [4.78, 5) is 12.7. The van der Waals surface area contributed by atoms with E-state index in [4.69, 9.17) is 0 Å². The van der Waals surface area contributed by atoms with E-state index >= 15 is 0 Å². The Labute approximate surface area is 160 Å². The molecule has 0 aliphatic rings. The zero-order valence-corrected chi connectivity index (χ0v) is 17.1. The first-order valence-corrected chi connectivity index (χ1v) is 10.1. The van der Waals surface area contributed by atoms with Crippen molar-refractivity contribution in [1.82, 2.24) is 25.1 Å². The summed E-state index contributed by atoms with van der Waals surface area (Å²) >= 11 is 0. The van der Waals surface area contributed by atoms with Crippen LogP contribution in [0.25, 0.3) is 0 Å². The summed E-state index contributed by atoms with van der Waals surface area (Å²) < 4.78 is 29.6. The van der Waals surface area contributed by atoms with E-state index in [2.05, 4.69) is 20.5 Å². The van der Waals surface area contributed by atoms with Crippen LogP contribution in [0, 0.1) is 0 Å². The quantitative estimate of drug-likeness (QED) is 0.653. The van der Waals surface area contributed by atoms with E-state index in [1.807, 2.05) is 0 Å². The Hall–Kier alpha value is -2.23. The fourth-order valence-electron chi connectivity index (χ4n) is 2.69. The Morgan fingerprint density at radius 2 is 1.93 bits per heavy atom. The molecule has 1 aromatic carbocycles. The molecule has 8 nitrogen and oxygen atoms in total. The minimum Gasteiger partial charge on any atom is -0.350 e. The van der Waals surface area contributed by atoms with Crippen LogP contribution in [-0.2, 0) is 28.4 Å². The minimum absolute atomic E-state index is 0.0957. The number of aromatic nitrogens is 2. The maximum Gasteiger partial charge on any atom is 0.242 e. The van der Waals surface area contributed by atoms with E-state index in [0.29, 0.717) is 5.56 Å². The van der Waals surface area contributed by atoms with Crippen LogP contribution in [0.4, 0.5) is 0 Å². The molecule has 0 aliphatic carbocycles. The summed E-state index contributed by atoms with van der Waals surface area (Å²) in [6.45, 7) is 5.43. The molecule has 0 saturated heterocycles. The van der Waals surface area contributed by atoms with Crippen LogP contribution in [0.15, 0.2) is 41.6 Å². The van der Waals surface area contributed by atoms with E-state index in [9.17, 15) is 13.2 Å². The van der Waals surface area contributed by atoms with Gasteiger partial charge in [0.2, 0.25) is 15.9 Å². The zero-order chi connectivity index (χ0) is 20.2. The number of benzene rings is 1. The summed E-state index contributed by atoms with van der Waals surface area (Å²) in [6, 6.07) is 6.06. The number of nitrogens with one attached hydrogen (secondary N) is 3. The van der Waals surface area contributed by atoms with Gasteiger partial charge in [-0.3, -0.25) is 9.48 Å². The average molecular weight is 394 g/mol. The summed E-state index contributed by atoms with van der Waals surface area (Å²) in [5.41, 5.74) is 0.642. The lowest BCUT2D eigenvalue weighted by Crippen LogP contribution is -2.41. The van der Waals surface area contributed by atoms with E-state index in [0.717, 1.165) is 5.56 Å². The van der Waals surface area contributed by atoms with Gasteiger partial charge >= 0.3 is 0 Å². The van der Waals surface area contributed by atoms with Gasteiger partial charge < -0.3 is 10.6 Å². The van der Waals surface area contributed by atoms with Crippen molar-refractivity contribution in [3.63, 3.8) is 0 Å². The predicted molar refractivity (Wildman–Crippen MR) is 103 cm³/mol. The lowest BCUT2D eigenvalue weighted by atomic mass is 10.1. The van der Waals surface area contributed by atoms with Gasteiger partial charge in [-0.15, -0.1) is 0 Å². The van der Waals surface area contributed by atoms with Crippen molar-refractivity contribution in [3.05, 3.63) is 47.8 Å². The molecule has 2 aromatic rings. The average Bonchev–Trinajstić information content (AvgIpc) is 2.98. The van der Waals surface area contributed by atoms with Gasteiger partial charge in [-0.25, -0.2) is 13.1 Å². The molecule has 27 heavy (non-hydrogen) atoms. The molecule has 0 radical (unpaired) electrons. The molecule has 9 heteroatoms. The second-order valence-corrected chi connectivity index (χ2v) is 9.00. The predicted octanol–water partition coefficient (Wildman–Crippen LogP) is 1.07.